The van der Waals surface area contributed by atoms with E-state index >= 15 is 0 Å². The molecule has 1 N–H and O–H groups in total. The zero-order valence-corrected chi connectivity index (χ0v) is 10.6. The molecule has 4 nitrogen and oxygen atoms in total. The maximum absolute atomic E-state index is 9.17. The normalized spacial score (nSPS) is 28.2. The van der Waals surface area contributed by atoms with Crippen molar-refractivity contribution in [1.29, 1.82) is 0 Å². The zero-order chi connectivity index (χ0) is 12.8. The number of hydrogen-bond donors (Lipinski definition) is 1. The fourth-order valence-corrected chi connectivity index (χ4v) is 2.12. The van der Waals surface area contributed by atoms with Gasteiger partial charge in [-0.15, -0.1) is 0 Å². The van der Waals surface area contributed by atoms with Gasteiger partial charge in [0, 0.05) is 20.0 Å². The van der Waals surface area contributed by atoms with E-state index in [0.29, 0.717) is 19.4 Å². The maximum atomic E-state index is 9.17. The van der Waals surface area contributed by atoms with Crippen LogP contribution < -0.4 is 0 Å². The molecule has 2 rings (SSSR count). The number of rotatable bonds is 5. The highest BCUT2D eigenvalue weighted by Crippen LogP contribution is 2.23. The largest absolute Gasteiger partial charge is 0.394 e. The molecule has 0 spiro atoms. The second-order valence-electron chi connectivity index (χ2n) is 4.50. The molecule has 0 saturated carbocycles. The van der Waals surface area contributed by atoms with Crippen molar-refractivity contribution < 1.29 is 19.3 Å². The average Bonchev–Trinajstić information content (AvgIpc) is 2.45. The summed E-state index contributed by atoms with van der Waals surface area (Å²) in [6, 6.07) is 10.1. The monoisotopic (exact) mass is 252 g/mol. The minimum Gasteiger partial charge on any atom is -0.394 e. The van der Waals surface area contributed by atoms with E-state index < -0.39 is 0 Å². The third kappa shape index (κ3) is 3.78. The smallest absolute Gasteiger partial charge is 0.160 e. The van der Waals surface area contributed by atoms with Crippen molar-refractivity contribution >= 4 is 0 Å². The van der Waals surface area contributed by atoms with Crippen LogP contribution in [0.3, 0.4) is 0 Å². The number of hydrogen-bond acceptors (Lipinski definition) is 4. The molecule has 0 aliphatic carbocycles. The van der Waals surface area contributed by atoms with Gasteiger partial charge in [-0.05, 0) is 5.56 Å². The first-order valence-electron chi connectivity index (χ1n) is 6.26. The number of aliphatic hydroxyl groups excluding tert-OH is 1. The van der Waals surface area contributed by atoms with Gasteiger partial charge in [0.15, 0.2) is 6.29 Å². The molecule has 0 amide bonds. The predicted molar refractivity (Wildman–Crippen MR) is 67.0 cm³/mol. The Morgan fingerprint density at radius 3 is 2.72 bits per heavy atom. The van der Waals surface area contributed by atoms with Crippen molar-refractivity contribution in [3.05, 3.63) is 35.9 Å². The Labute approximate surface area is 107 Å². The summed E-state index contributed by atoms with van der Waals surface area (Å²) in [6.07, 6.45) is 1.02. The lowest BCUT2D eigenvalue weighted by atomic mass is 10.1. The van der Waals surface area contributed by atoms with Crippen molar-refractivity contribution in [2.45, 2.75) is 37.9 Å². The molecule has 0 aromatic heterocycles. The molecule has 1 aromatic rings. The summed E-state index contributed by atoms with van der Waals surface area (Å²) < 4.78 is 16.6. The molecule has 18 heavy (non-hydrogen) atoms. The van der Waals surface area contributed by atoms with Gasteiger partial charge in [0.2, 0.25) is 0 Å². The van der Waals surface area contributed by atoms with Crippen molar-refractivity contribution in [1.82, 2.24) is 0 Å². The molecule has 1 aromatic carbocycles. The molecule has 3 unspecified atom stereocenters. The maximum Gasteiger partial charge on any atom is 0.160 e. The third-order valence-corrected chi connectivity index (χ3v) is 3.12. The van der Waals surface area contributed by atoms with Crippen LogP contribution in [0.1, 0.15) is 18.4 Å². The lowest BCUT2D eigenvalue weighted by Crippen LogP contribution is -2.39. The molecule has 3 atom stereocenters. The summed E-state index contributed by atoms with van der Waals surface area (Å²) in [5.41, 5.74) is 1.15. The molecule has 0 radical (unpaired) electrons. The minimum absolute atomic E-state index is 0.00502. The van der Waals surface area contributed by atoms with Crippen LogP contribution in [0.4, 0.5) is 0 Å². The van der Waals surface area contributed by atoms with Crippen LogP contribution in [-0.2, 0) is 20.8 Å². The lowest BCUT2D eigenvalue weighted by molar-refractivity contribution is -0.219. The Kier molecular flexibility index (Phi) is 5.13. The summed E-state index contributed by atoms with van der Waals surface area (Å²) in [7, 11) is 1.61. The van der Waals surface area contributed by atoms with E-state index in [1.54, 1.807) is 7.11 Å². The Bertz CT molecular complexity index is 329. The highest BCUT2D eigenvalue weighted by Gasteiger charge is 2.29. The minimum atomic E-state index is -0.281. The van der Waals surface area contributed by atoms with Crippen LogP contribution in [0.15, 0.2) is 30.3 Å². The van der Waals surface area contributed by atoms with E-state index in [1.165, 1.54) is 0 Å². The van der Waals surface area contributed by atoms with E-state index in [0.717, 1.165) is 5.56 Å². The second kappa shape index (κ2) is 6.85. The van der Waals surface area contributed by atoms with Crippen molar-refractivity contribution in [3.63, 3.8) is 0 Å². The summed E-state index contributed by atoms with van der Waals surface area (Å²) in [5.74, 6) is 0. The van der Waals surface area contributed by atoms with Gasteiger partial charge in [-0.3, -0.25) is 0 Å². The molecular formula is C14H20O4. The first kappa shape index (κ1) is 13.5. The second-order valence-corrected chi connectivity index (χ2v) is 4.50. The Balaban J connectivity index is 1.84. The van der Waals surface area contributed by atoms with E-state index in [4.69, 9.17) is 14.2 Å². The fraction of sp³-hybridized carbons (Fsp3) is 0.571. The van der Waals surface area contributed by atoms with Crippen molar-refractivity contribution in [3.8, 4) is 0 Å². The molecule has 1 aliphatic heterocycles. The number of benzene rings is 1. The van der Waals surface area contributed by atoms with E-state index in [9.17, 15) is 5.11 Å². The Morgan fingerprint density at radius 1 is 1.28 bits per heavy atom. The summed E-state index contributed by atoms with van der Waals surface area (Å²) in [4.78, 5) is 0. The fourth-order valence-electron chi connectivity index (χ4n) is 2.12. The van der Waals surface area contributed by atoms with Crippen LogP contribution in [-0.4, -0.2) is 37.3 Å². The lowest BCUT2D eigenvalue weighted by Gasteiger charge is -2.33. The molecule has 4 heteroatoms. The molecule has 1 aliphatic rings. The van der Waals surface area contributed by atoms with Crippen LogP contribution in [0.2, 0.25) is 0 Å². The predicted octanol–water partition coefficient (Wildman–Crippen LogP) is 1.72. The van der Waals surface area contributed by atoms with Gasteiger partial charge in [-0.1, -0.05) is 30.3 Å². The summed E-state index contributed by atoms with van der Waals surface area (Å²) in [5, 5.41) is 9.17. The number of aliphatic hydroxyl groups is 1. The first-order chi connectivity index (χ1) is 8.81. The van der Waals surface area contributed by atoms with Gasteiger partial charge in [-0.2, -0.15) is 0 Å². The van der Waals surface area contributed by atoms with Crippen molar-refractivity contribution in [2.75, 3.05) is 13.7 Å². The molecule has 1 saturated heterocycles. The topological polar surface area (TPSA) is 47.9 Å². The van der Waals surface area contributed by atoms with Crippen LogP contribution in [0, 0.1) is 0 Å². The zero-order valence-electron chi connectivity index (χ0n) is 10.6. The third-order valence-electron chi connectivity index (χ3n) is 3.12. The Hall–Kier alpha value is -0.940. The van der Waals surface area contributed by atoms with Crippen LogP contribution in [0.5, 0.6) is 0 Å². The average molecular weight is 252 g/mol. The molecule has 1 heterocycles. The standard InChI is InChI=1S/C14H20O4/c1-16-14-8-12(7-13(9-15)18-14)17-10-11-5-3-2-4-6-11/h2-6,12-15H,7-10H2,1H3. The van der Waals surface area contributed by atoms with Crippen LogP contribution >= 0.6 is 0 Å². The highest BCUT2D eigenvalue weighted by atomic mass is 16.7. The number of methoxy groups -OCH3 is 1. The van der Waals surface area contributed by atoms with Gasteiger partial charge >= 0.3 is 0 Å². The van der Waals surface area contributed by atoms with Gasteiger partial charge in [0.1, 0.15) is 0 Å². The van der Waals surface area contributed by atoms with E-state index in [1.807, 2.05) is 30.3 Å². The van der Waals surface area contributed by atoms with Crippen LogP contribution in [0.25, 0.3) is 0 Å². The molecular weight excluding hydrogens is 232 g/mol. The van der Waals surface area contributed by atoms with Crippen molar-refractivity contribution in [2.24, 2.45) is 0 Å². The van der Waals surface area contributed by atoms with E-state index in [2.05, 4.69) is 0 Å². The molecule has 100 valence electrons. The van der Waals surface area contributed by atoms with Gasteiger partial charge in [-0.25, -0.2) is 0 Å². The van der Waals surface area contributed by atoms with Gasteiger partial charge in [0.05, 0.1) is 25.4 Å². The summed E-state index contributed by atoms with van der Waals surface area (Å²) in [6.45, 7) is 0.588. The van der Waals surface area contributed by atoms with Gasteiger partial charge in [0.25, 0.3) is 0 Å². The first-order valence-corrected chi connectivity index (χ1v) is 6.26. The van der Waals surface area contributed by atoms with Gasteiger partial charge < -0.3 is 19.3 Å². The molecule has 0 bridgehead atoms. The molecule has 1 fully saturated rings. The SMILES string of the molecule is COC1CC(OCc2ccccc2)CC(CO)O1. The number of ether oxygens (including phenoxy) is 3. The van der Waals surface area contributed by atoms with E-state index in [-0.39, 0.29) is 25.1 Å². The summed E-state index contributed by atoms with van der Waals surface area (Å²) >= 11 is 0. The highest BCUT2D eigenvalue weighted by molar-refractivity contribution is 5.13. The Morgan fingerprint density at radius 2 is 2.06 bits per heavy atom. The quantitative estimate of drug-likeness (QED) is 0.866.